The van der Waals surface area contributed by atoms with E-state index < -0.39 is 23.6 Å². The molecule has 0 bridgehead atoms. The van der Waals surface area contributed by atoms with Crippen LogP contribution in [0.25, 0.3) is 0 Å². The van der Waals surface area contributed by atoms with Crippen LogP contribution in [-0.4, -0.2) is 30.2 Å². The van der Waals surface area contributed by atoms with Gasteiger partial charge in [-0.05, 0) is 30.2 Å². The summed E-state index contributed by atoms with van der Waals surface area (Å²) in [5, 5.41) is 13.8. The first-order valence-corrected chi connectivity index (χ1v) is 8.61. The number of alkyl halides is 3. The van der Waals surface area contributed by atoms with Crippen LogP contribution < -0.4 is 10.1 Å². The van der Waals surface area contributed by atoms with Crippen molar-refractivity contribution in [3.63, 3.8) is 0 Å². The van der Waals surface area contributed by atoms with E-state index in [0.717, 1.165) is 6.07 Å². The van der Waals surface area contributed by atoms with Crippen molar-refractivity contribution in [2.75, 3.05) is 13.2 Å². The molecule has 0 saturated heterocycles. The molecule has 0 aliphatic rings. The first-order valence-electron chi connectivity index (χ1n) is 8.61. The molecule has 0 fully saturated rings. The number of ether oxygens (including phenoxy) is 2. The van der Waals surface area contributed by atoms with Gasteiger partial charge in [-0.15, -0.1) is 0 Å². The van der Waals surface area contributed by atoms with Gasteiger partial charge in [0.25, 0.3) is 5.91 Å². The Balaban J connectivity index is 1.93. The molecule has 0 spiro atoms. The largest absolute Gasteiger partial charge is 0.487 e. The van der Waals surface area contributed by atoms with E-state index in [0.29, 0.717) is 11.1 Å². The molecule has 10 heteroatoms. The second-order valence-corrected chi connectivity index (χ2v) is 5.98. The van der Waals surface area contributed by atoms with Crippen molar-refractivity contribution >= 4 is 11.6 Å². The Morgan fingerprint density at radius 1 is 1.14 bits per heavy atom. The molecule has 0 aromatic heterocycles. The minimum absolute atomic E-state index is 0.0809. The average Bonchev–Trinajstić information content (AvgIpc) is 2.66. The van der Waals surface area contributed by atoms with Gasteiger partial charge in [-0.1, -0.05) is 24.3 Å². The third-order valence-electron chi connectivity index (χ3n) is 3.73. The number of nitro groups is 1. The Morgan fingerprint density at radius 2 is 1.79 bits per heavy atom. The highest BCUT2D eigenvalue weighted by Gasteiger charge is 2.27. The Morgan fingerprint density at radius 3 is 2.38 bits per heavy atom. The lowest BCUT2D eigenvalue weighted by atomic mass is 10.1. The third-order valence-corrected chi connectivity index (χ3v) is 3.73. The van der Waals surface area contributed by atoms with E-state index in [4.69, 9.17) is 4.74 Å². The molecule has 0 heterocycles. The normalized spacial score (nSPS) is 11.2. The molecule has 0 unspecified atom stereocenters. The standard InChI is InChI=1S/C19H19F3N2O5/c1-2-29-17-8-7-15(9-16(17)24(26)27)18(25)23-10-13-3-5-14(6-4-13)11-28-12-19(20,21)22/h3-9H,2,10-12H2,1H3,(H,23,25). The summed E-state index contributed by atoms with van der Waals surface area (Å²) < 4.78 is 45.9. The molecule has 7 nitrogen and oxygen atoms in total. The van der Waals surface area contributed by atoms with Crippen molar-refractivity contribution in [1.29, 1.82) is 0 Å². The summed E-state index contributed by atoms with van der Waals surface area (Å²) in [7, 11) is 0. The van der Waals surface area contributed by atoms with E-state index in [1.165, 1.54) is 12.1 Å². The molecule has 0 radical (unpaired) electrons. The second-order valence-electron chi connectivity index (χ2n) is 5.98. The Labute approximate surface area is 164 Å². The summed E-state index contributed by atoms with van der Waals surface area (Å²) in [6, 6.07) is 10.4. The predicted molar refractivity (Wildman–Crippen MR) is 97.6 cm³/mol. The molecule has 0 atom stereocenters. The highest BCUT2D eigenvalue weighted by Crippen LogP contribution is 2.28. The van der Waals surface area contributed by atoms with Crippen LogP contribution in [0.4, 0.5) is 18.9 Å². The highest BCUT2D eigenvalue weighted by atomic mass is 19.4. The SMILES string of the molecule is CCOc1ccc(C(=O)NCc2ccc(COCC(F)(F)F)cc2)cc1[N+](=O)[O-]. The van der Waals surface area contributed by atoms with Gasteiger partial charge in [-0.25, -0.2) is 0 Å². The van der Waals surface area contributed by atoms with Gasteiger partial charge in [0, 0.05) is 18.2 Å². The number of carbonyl (C=O) groups excluding carboxylic acids is 1. The van der Waals surface area contributed by atoms with Crippen LogP contribution in [0.5, 0.6) is 5.75 Å². The lowest BCUT2D eigenvalue weighted by Crippen LogP contribution is -2.23. The van der Waals surface area contributed by atoms with E-state index in [9.17, 15) is 28.1 Å². The molecule has 1 amide bonds. The van der Waals surface area contributed by atoms with Crippen LogP contribution in [-0.2, 0) is 17.9 Å². The third kappa shape index (κ3) is 7.07. The number of hydrogen-bond acceptors (Lipinski definition) is 5. The van der Waals surface area contributed by atoms with E-state index in [-0.39, 0.29) is 36.8 Å². The lowest BCUT2D eigenvalue weighted by molar-refractivity contribution is -0.385. The summed E-state index contributed by atoms with van der Waals surface area (Å²) in [4.78, 5) is 22.8. The van der Waals surface area contributed by atoms with Crippen molar-refractivity contribution < 1.29 is 32.4 Å². The topological polar surface area (TPSA) is 90.7 Å². The maximum atomic E-state index is 12.3. The van der Waals surface area contributed by atoms with E-state index in [2.05, 4.69) is 10.1 Å². The molecule has 0 saturated carbocycles. The molecule has 29 heavy (non-hydrogen) atoms. The maximum absolute atomic E-state index is 12.3. The summed E-state index contributed by atoms with van der Waals surface area (Å²) in [5.41, 5.74) is 1.07. The number of nitrogens with one attached hydrogen (secondary N) is 1. The fourth-order valence-electron chi connectivity index (χ4n) is 2.40. The average molecular weight is 412 g/mol. The van der Waals surface area contributed by atoms with Crippen LogP contribution in [0.15, 0.2) is 42.5 Å². The number of hydrogen-bond donors (Lipinski definition) is 1. The fourth-order valence-corrected chi connectivity index (χ4v) is 2.40. The first kappa shape index (κ1) is 22.2. The van der Waals surface area contributed by atoms with Gasteiger partial charge in [-0.3, -0.25) is 14.9 Å². The number of rotatable bonds is 9. The van der Waals surface area contributed by atoms with Crippen LogP contribution in [0, 0.1) is 10.1 Å². The van der Waals surface area contributed by atoms with Gasteiger partial charge in [0.1, 0.15) is 6.61 Å². The smallest absolute Gasteiger partial charge is 0.411 e. The van der Waals surface area contributed by atoms with Gasteiger partial charge in [0.15, 0.2) is 5.75 Å². The Hall–Kier alpha value is -3.14. The Kier molecular flexibility index (Phi) is 7.54. The van der Waals surface area contributed by atoms with Crippen molar-refractivity contribution in [3.8, 4) is 5.75 Å². The van der Waals surface area contributed by atoms with Crippen LogP contribution in [0.1, 0.15) is 28.4 Å². The zero-order chi connectivity index (χ0) is 21.4. The molecule has 2 rings (SSSR count). The lowest BCUT2D eigenvalue weighted by Gasteiger charge is -2.09. The summed E-state index contributed by atoms with van der Waals surface area (Å²) >= 11 is 0. The minimum Gasteiger partial charge on any atom is -0.487 e. The first-order chi connectivity index (χ1) is 13.7. The molecular weight excluding hydrogens is 393 g/mol. The van der Waals surface area contributed by atoms with E-state index >= 15 is 0 Å². The van der Waals surface area contributed by atoms with Crippen molar-refractivity contribution in [1.82, 2.24) is 5.32 Å². The fraction of sp³-hybridized carbons (Fsp3) is 0.316. The quantitative estimate of drug-likeness (QED) is 0.497. The molecule has 2 aromatic carbocycles. The van der Waals surface area contributed by atoms with E-state index in [1.807, 2.05) is 0 Å². The molecule has 2 aromatic rings. The van der Waals surface area contributed by atoms with Crippen molar-refractivity contribution in [2.24, 2.45) is 0 Å². The zero-order valence-corrected chi connectivity index (χ0v) is 15.5. The van der Waals surface area contributed by atoms with Gasteiger partial charge in [0.2, 0.25) is 0 Å². The van der Waals surface area contributed by atoms with Gasteiger partial charge in [-0.2, -0.15) is 13.2 Å². The maximum Gasteiger partial charge on any atom is 0.411 e. The van der Waals surface area contributed by atoms with Gasteiger partial charge < -0.3 is 14.8 Å². The van der Waals surface area contributed by atoms with Crippen molar-refractivity contribution in [3.05, 3.63) is 69.3 Å². The number of amides is 1. The highest BCUT2D eigenvalue weighted by molar-refractivity contribution is 5.95. The molecule has 156 valence electrons. The summed E-state index contributed by atoms with van der Waals surface area (Å²) in [5.74, 6) is -0.425. The molecular formula is C19H19F3N2O5. The molecule has 1 N–H and O–H groups in total. The number of nitrogens with zero attached hydrogens (tertiary/aromatic N) is 1. The van der Waals surface area contributed by atoms with Crippen LogP contribution >= 0.6 is 0 Å². The number of halogens is 3. The zero-order valence-electron chi connectivity index (χ0n) is 15.5. The molecule has 0 aliphatic carbocycles. The Bertz CT molecular complexity index is 854. The minimum atomic E-state index is -4.37. The van der Waals surface area contributed by atoms with Crippen LogP contribution in [0.3, 0.4) is 0 Å². The number of benzene rings is 2. The second kappa shape index (κ2) is 9.87. The van der Waals surface area contributed by atoms with Crippen LogP contribution in [0.2, 0.25) is 0 Å². The van der Waals surface area contributed by atoms with Gasteiger partial charge >= 0.3 is 11.9 Å². The monoisotopic (exact) mass is 412 g/mol. The van der Waals surface area contributed by atoms with E-state index in [1.54, 1.807) is 31.2 Å². The number of carbonyl (C=O) groups is 1. The van der Waals surface area contributed by atoms with Gasteiger partial charge in [0.05, 0.1) is 18.1 Å². The van der Waals surface area contributed by atoms with Crippen molar-refractivity contribution in [2.45, 2.75) is 26.3 Å². The summed E-state index contributed by atoms with van der Waals surface area (Å²) in [6.45, 7) is 0.590. The number of nitro benzene ring substituents is 1. The summed E-state index contributed by atoms with van der Waals surface area (Å²) in [6.07, 6.45) is -4.37. The molecule has 0 aliphatic heterocycles. The predicted octanol–water partition coefficient (Wildman–Crippen LogP) is 4.00.